The van der Waals surface area contributed by atoms with Crippen LogP contribution in [-0.2, 0) is 11.3 Å². The van der Waals surface area contributed by atoms with Crippen molar-refractivity contribution in [1.29, 1.82) is 0 Å². The average Bonchev–Trinajstić information content (AvgIpc) is 2.92. The molecule has 1 aliphatic rings. The van der Waals surface area contributed by atoms with E-state index >= 15 is 0 Å². The summed E-state index contributed by atoms with van der Waals surface area (Å²) in [5.74, 6) is 1.47. The molecule has 0 unspecified atom stereocenters. The lowest BCUT2D eigenvalue weighted by Gasteiger charge is -2.16. The third-order valence-electron chi connectivity index (χ3n) is 2.68. The van der Waals surface area contributed by atoms with Crippen LogP contribution in [0.3, 0.4) is 0 Å². The molecule has 0 aromatic carbocycles. The Kier molecular flexibility index (Phi) is 2.32. The molecule has 1 heterocycles. The van der Waals surface area contributed by atoms with Gasteiger partial charge in [-0.05, 0) is 25.8 Å². The minimum atomic E-state index is 0.269. The summed E-state index contributed by atoms with van der Waals surface area (Å²) < 4.78 is 5.18. The van der Waals surface area contributed by atoms with Gasteiger partial charge in [0.15, 0.2) is 0 Å². The molecule has 0 radical (unpaired) electrons. The van der Waals surface area contributed by atoms with Gasteiger partial charge in [-0.3, -0.25) is 4.79 Å². The number of nitrogens with zero attached hydrogens (tertiary/aromatic N) is 1. The van der Waals surface area contributed by atoms with Crippen LogP contribution in [0.1, 0.15) is 24.2 Å². The van der Waals surface area contributed by atoms with Gasteiger partial charge in [-0.1, -0.05) is 0 Å². The molecule has 0 atom stereocenters. The topological polar surface area (TPSA) is 33.5 Å². The maximum absolute atomic E-state index is 11.6. The molecular weight excluding hydrogens is 178 g/mol. The number of amides is 1. The molecule has 1 aliphatic carbocycles. The Hall–Kier alpha value is -1.25. The second-order valence-electron chi connectivity index (χ2n) is 3.97. The van der Waals surface area contributed by atoms with Crippen LogP contribution in [0.15, 0.2) is 16.7 Å². The zero-order valence-corrected chi connectivity index (χ0v) is 8.62. The number of furan rings is 1. The highest BCUT2D eigenvalue weighted by molar-refractivity contribution is 5.80. The molecule has 0 spiro atoms. The minimum absolute atomic E-state index is 0.269. The molecular formula is C11H15NO2. The Labute approximate surface area is 83.7 Å². The van der Waals surface area contributed by atoms with Gasteiger partial charge in [0.2, 0.25) is 5.91 Å². The number of hydrogen-bond donors (Lipinski definition) is 0. The molecule has 0 saturated heterocycles. The lowest BCUT2D eigenvalue weighted by atomic mass is 10.2. The monoisotopic (exact) mass is 193 g/mol. The SMILES string of the molecule is Cc1occc1CN(C)C(=O)C1CC1. The van der Waals surface area contributed by atoms with Gasteiger partial charge in [-0.15, -0.1) is 0 Å². The van der Waals surface area contributed by atoms with E-state index in [1.807, 2.05) is 20.0 Å². The number of carbonyl (C=O) groups excluding carboxylic acids is 1. The maximum Gasteiger partial charge on any atom is 0.225 e. The van der Waals surface area contributed by atoms with Crippen LogP contribution >= 0.6 is 0 Å². The van der Waals surface area contributed by atoms with E-state index in [-0.39, 0.29) is 5.91 Å². The van der Waals surface area contributed by atoms with E-state index < -0.39 is 0 Å². The van der Waals surface area contributed by atoms with E-state index in [9.17, 15) is 4.79 Å². The Morgan fingerprint density at radius 3 is 2.86 bits per heavy atom. The van der Waals surface area contributed by atoms with Gasteiger partial charge in [-0.2, -0.15) is 0 Å². The quantitative estimate of drug-likeness (QED) is 0.735. The second kappa shape index (κ2) is 3.48. The maximum atomic E-state index is 11.6. The summed E-state index contributed by atoms with van der Waals surface area (Å²) >= 11 is 0. The van der Waals surface area contributed by atoms with Crippen LogP contribution in [0.25, 0.3) is 0 Å². The first-order valence-corrected chi connectivity index (χ1v) is 4.96. The predicted molar refractivity (Wildman–Crippen MR) is 52.6 cm³/mol. The van der Waals surface area contributed by atoms with Crippen molar-refractivity contribution < 1.29 is 9.21 Å². The van der Waals surface area contributed by atoms with Crippen LogP contribution in [0.5, 0.6) is 0 Å². The molecule has 1 aromatic heterocycles. The Morgan fingerprint density at radius 1 is 1.64 bits per heavy atom. The van der Waals surface area contributed by atoms with Crippen molar-refractivity contribution in [2.24, 2.45) is 5.92 Å². The van der Waals surface area contributed by atoms with Gasteiger partial charge in [0.1, 0.15) is 5.76 Å². The summed E-state index contributed by atoms with van der Waals surface area (Å²) in [6.07, 6.45) is 3.79. The van der Waals surface area contributed by atoms with Crippen molar-refractivity contribution in [3.63, 3.8) is 0 Å². The van der Waals surface area contributed by atoms with Crippen LogP contribution in [0.2, 0.25) is 0 Å². The van der Waals surface area contributed by atoms with Crippen LogP contribution in [0.4, 0.5) is 0 Å². The molecule has 14 heavy (non-hydrogen) atoms. The smallest absolute Gasteiger partial charge is 0.225 e. The third-order valence-corrected chi connectivity index (χ3v) is 2.68. The van der Waals surface area contributed by atoms with Crippen molar-refractivity contribution in [2.75, 3.05) is 7.05 Å². The first kappa shape index (κ1) is 9.31. The first-order valence-electron chi connectivity index (χ1n) is 4.96. The van der Waals surface area contributed by atoms with Crippen LogP contribution in [0, 0.1) is 12.8 Å². The molecule has 0 N–H and O–H groups in total. The fourth-order valence-corrected chi connectivity index (χ4v) is 1.55. The molecule has 2 rings (SSSR count). The van der Waals surface area contributed by atoms with Crippen LogP contribution in [-0.4, -0.2) is 17.9 Å². The van der Waals surface area contributed by atoms with Crippen molar-refractivity contribution >= 4 is 5.91 Å². The van der Waals surface area contributed by atoms with Gasteiger partial charge in [0, 0.05) is 25.1 Å². The Morgan fingerprint density at radius 2 is 2.36 bits per heavy atom. The number of carbonyl (C=O) groups is 1. The second-order valence-corrected chi connectivity index (χ2v) is 3.97. The summed E-state index contributed by atoms with van der Waals surface area (Å²) in [7, 11) is 1.85. The summed E-state index contributed by atoms with van der Waals surface area (Å²) in [5.41, 5.74) is 1.10. The summed E-state index contributed by atoms with van der Waals surface area (Å²) in [6.45, 7) is 2.59. The zero-order valence-electron chi connectivity index (χ0n) is 8.62. The summed E-state index contributed by atoms with van der Waals surface area (Å²) in [5, 5.41) is 0. The predicted octanol–water partition coefficient (Wildman–Crippen LogP) is 1.96. The summed E-state index contributed by atoms with van der Waals surface area (Å²) in [4.78, 5) is 13.4. The van der Waals surface area contributed by atoms with E-state index in [4.69, 9.17) is 4.42 Å². The van der Waals surface area contributed by atoms with E-state index in [0.29, 0.717) is 12.5 Å². The zero-order chi connectivity index (χ0) is 10.1. The van der Waals surface area contributed by atoms with E-state index in [1.54, 1.807) is 11.2 Å². The normalized spacial score (nSPS) is 15.6. The van der Waals surface area contributed by atoms with E-state index in [2.05, 4.69) is 0 Å². The highest BCUT2D eigenvalue weighted by Crippen LogP contribution is 2.31. The van der Waals surface area contributed by atoms with Gasteiger partial charge in [0.05, 0.1) is 6.26 Å². The lowest BCUT2D eigenvalue weighted by molar-refractivity contribution is -0.131. The molecule has 1 aromatic rings. The first-order chi connectivity index (χ1) is 6.68. The molecule has 1 amide bonds. The molecule has 0 bridgehead atoms. The number of aryl methyl sites for hydroxylation is 1. The molecule has 0 aliphatic heterocycles. The number of hydrogen-bond acceptors (Lipinski definition) is 2. The minimum Gasteiger partial charge on any atom is -0.469 e. The fourth-order valence-electron chi connectivity index (χ4n) is 1.55. The molecule has 3 nitrogen and oxygen atoms in total. The van der Waals surface area contributed by atoms with Crippen molar-refractivity contribution in [3.8, 4) is 0 Å². The Balaban J connectivity index is 1.96. The number of rotatable bonds is 3. The van der Waals surface area contributed by atoms with Crippen LogP contribution < -0.4 is 0 Å². The lowest BCUT2D eigenvalue weighted by Crippen LogP contribution is -2.27. The average molecular weight is 193 g/mol. The fraction of sp³-hybridized carbons (Fsp3) is 0.545. The Bertz CT molecular complexity index is 339. The summed E-state index contributed by atoms with van der Waals surface area (Å²) in [6, 6.07) is 1.92. The van der Waals surface area contributed by atoms with E-state index in [0.717, 1.165) is 24.2 Å². The largest absolute Gasteiger partial charge is 0.469 e. The van der Waals surface area contributed by atoms with Crippen molar-refractivity contribution in [2.45, 2.75) is 26.3 Å². The van der Waals surface area contributed by atoms with Gasteiger partial charge < -0.3 is 9.32 Å². The highest BCUT2D eigenvalue weighted by atomic mass is 16.3. The molecule has 76 valence electrons. The van der Waals surface area contributed by atoms with Crippen molar-refractivity contribution in [1.82, 2.24) is 4.90 Å². The van der Waals surface area contributed by atoms with Crippen molar-refractivity contribution in [3.05, 3.63) is 23.7 Å². The van der Waals surface area contributed by atoms with Gasteiger partial charge >= 0.3 is 0 Å². The molecule has 1 fully saturated rings. The molecule has 1 saturated carbocycles. The highest BCUT2D eigenvalue weighted by Gasteiger charge is 2.32. The van der Waals surface area contributed by atoms with Gasteiger partial charge in [-0.25, -0.2) is 0 Å². The molecule has 3 heteroatoms. The van der Waals surface area contributed by atoms with E-state index in [1.165, 1.54) is 0 Å². The van der Waals surface area contributed by atoms with Gasteiger partial charge in [0.25, 0.3) is 0 Å². The third kappa shape index (κ3) is 1.81. The standard InChI is InChI=1S/C11H15NO2/c1-8-10(5-6-14-8)7-12(2)11(13)9-3-4-9/h5-6,9H,3-4,7H2,1-2H3.